The molecule has 0 amide bonds. The Balaban J connectivity index is 1.81. The van der Waals surface area contributed by atoms with Crippen LogP contribution in [0.3, 0.4) is 0 Å². The van der Waals surface area contributed by atoms with Gasteiger partial charge in [0.1, 0.15) is 0 Å². The van der Waals surface area contributed by atoms with E-state index in [0.29, 0.717) is 0 Å². The van der Waals surface area contributed by atoms with E-state index in [9.17, 15) is 0 Å². The molecule has 0 unspecified atom stereocenters. The maximum absolute atomic E-state index is 5.95. The zero-order valence-electron chi connectivity index (χ0n) is 11.0. The third kappa shape index (κ3) is 3.34. The molecule has 0 saturated carbocycles. The highest BCUT2D eigenvalue weighted by molar-refractivity contribution is 5.62. The fourth-order valence-corrected chi connectivity index (χ4v) is 2.19. The van der Waals surface area contributed by atoms with E-state index >= 15 is 0 Å². The Kier molecular flexibility index (Phi) is 4.78. The first kappa shape index (κ1) is 13.1. The Labute approximate surface area is 109 Å². The number of pyridine rings is 1. The van der Waals surface area contributed by atoms with Crippen molar-refractivity contribution in [2.45, 2.75) is 6.92 Å². The van der Waals surface area contributed by atoms with Crippen LogP contribution in [0, 0.1) is 0 Å². The molecule has 100 valence electrons. The highest BCUT2D eigenvalue weighted by atomic mass is 16.5. The molecule has 1 fully saturated rings. The lowest BCUT2D eigenvalue weighted by Gasteiger charge is -2.35. The molecule has 5 heteroatoms. The van der Waals surface area contributed by atoms with Crippen LogP contribution in [0.4, 0.5) is 11.5 Å². The van der Waals surface area contributed by atoms with Crippen LogP contribution in [0.1, 0.15) is 6.92 Å². The van der Waals surface area contributed by atoms with Crippen molar-refractivity contribution in [1.29, 1.82) is 0 Å². The van der Waals surface area contributed by atoms with Crippen molar-refractivity contribution in [2.75, 3.05) is 56.6 Å². The van der Waals surface area contributed by atoms with Crippen molar-refractivity contribution in [3.63, 3.8) is 0 Å². The van der Waals surface area contributed by atoms with Crippen molar-refractivity contribution in [3.8, 4) is 0 Å². The first-order valence-electron chi connectivity index (χ1n) is 6.57. The number of anilines is 2. The molecule has 1 aliphatic heterocycles. The van der Waals surface area contributed by atoms with Crippen molar-refractivity contribution in [1.82, 2.24) is 9.88 Å². The molecule has 18 heavy (non-hydrogen) atoms. The lowest BCUT2D eigenvalue weighted by atomic mass is 10.3. The first-order valence-corrected chi connectivity index (χ1v) is 6.57. The molecule has 2 heterocycles. The van der Waals surface area contributed by atoms with Gasteiger partial charge in [-0.25, -0.2) is 4.98 Å². The van der Waals surface area contributed by atoms with Gasteiger partial charge in [-0.2, -0.15) is 0 Å². The molecule has 1 saturated heterocycles. The number of ether oxygens (including phenoxy) is 1. The Morgan fingerprint density at radius 1 is 1.33 bits per heavy atom. The van der Waals surface area contributed by atoms with E-state index in [1.54, 1.807) is 6.20 Å². The molecule has 0 aliphatic carbocycles. The van der Waals surface area contributed by atoms with E-state index in [1.165, 1.54) is 0 Å². The number of hydrogen-bond acceptors (Lipinski definition) is 5. The summed E-state index contributed by atoms with van der Waals surface area (Å²) in [7, 11) is 0. The summed E-state index contributed by atoms with van der Waals surface area (Å²) in [6.07, 6.45) is 1.80. The van der Waals surface area contributed by atoms with Gasteiger partial charge in [0.15, 0.2) is 5.82 Å². The molecule has 0 bridgehead atoms. The second kappa shape index (κ2) is 6.56. The average molecular weight is 250 g/mol. The molecule has 2 N–H and O–H groups in total. The zero-order valence-corrected chi connectivity index (χ0v) is 11.0. The van der Waals surface area contributed by atoms with Gasteiger partial charge in [-0.1, -0.05) is 0 Å². The summed E-state index contributed by atoms with van der Waals surface area (Å²) in [5.74, 6) is 0.918. The summed E-state index contributed by atoms with van der Waals surface area (Å²) < 4.78 is 5.38. The van der Waals surface area contributed by atoms with Crippen LogP contribution in [0.5, 0.6) is 0 Å². The van der Waals surface area contributed by atoms with Gasteiger partial charge in [0.05, 0.1) is 12.3 Å². The van der Waals surface area contributed by atoms with E-state index in [0.717, 1.165) is 57.4 Å². The van der Waals surface area contributed by atoms with E-state index in [1.807, 2.05) is 19.1 Å². The number of nitrogen functional groups attached to an aromatic ring is 1. The minimum absolute atomic E-state index is 0.764. The van der Waals surface area contributed by atoms with Gasteiger partial charge in [-0.05, 0) is 19.1 Å². The van der Waals surface area contributed by atoms with Gasteiger partial charge >= 0.3 is 0 Å². The van der Waals surface area contributed by atoms with E-state index < -0.39 is 0 Å². The molecule has 1 aromatic rings. The molecule has 0 spiro atoms. The molecule has 2 rings (SSSR count). The number of rotatable bonds is 5. The topological polar surface area (TPSA) is 54.6 Å². The number of nitrogens with zero attached hydrogens (tertiary/aromatic N) is 3. The summed E-state index contributed by atoms with van der Waals surface area (Å²) >= 11 is 0. The Morgan fingerprint density at radius 3 is 2.78 bits per heavy atom. The molecule has 0 radical (unpaired) electrons. The third-order valence-electron chi connectivity index (χ3n) is 3.24. The zero-order chi connectivity index (χ0) is 12.8. The molecule has 5 nitrogen and oxygen atoms in total. The Morgan fingerprint density at radius 2 is 2.11 bits per heavy atom. The first-order chi connectivity index (χ1) is 8.81. The van der Waals surface area contributed by atoms with Crippen LogP contribution < -0.4 is 10.6 Å². The lowest BCUT2D eigenvalue weighted by molar-refractivity contribution is 0.111. The summed E-state index contributed by atoms with van der Waals surface area (Å²) in [6, 6.07) is 3.78. The molecule has 0 aromatic carbocycles. The van der Waals surface area contributed by atoms with Crippen LogP contribution in [0.25, 0.3) is 0 Å². The molecular weight excluding hydrogens is 228 g/mol. The molecule has 1 aliphatic rings. The summed E-state index contributed by atoms with van der Waals surface area (Å²) in [6.45, 7) is 8.71. The van der Waals surface area contributed by atoms with Crippen molar-refractivity contribution < 1.29 is 4.74 Å². The standard InChI is InChI=1S/C13H22N4O/c1-2-18-11-10-16-6-8-17(9-7-16)13-12(14)4-3-5-15-13/h3-5H,2,6-11,14H2,1H3. The van der Waals surface area contributed by atoms with Gasteiger partial charge < -0.3 is 15.4 Å². The van der Waals surface area contributed by atoms with Gasteiger partial charge in [0.25, 0.3) is 0 Å². The Bertz CT molecular complexity index is 364. The van der Waals surface area contributed by atoms with Gasteiger partial charge in [-0.3, -0.25) is 4.90 Å². The van der Waals surface area contributed by atoms with Crippen LogP contribution in [-0.2, 0) is 4.74 Å². The molecular formula is C13H22N4O. The van der Waals surface area contributed by atoms with Gasteiger partial charge in [0.2, 0.25) is 0 Å². The van der Waals surface area contributed by atoms with Crippen LogP contribution in [0.2, 0.25) is 0 Å². The molecule has 1 aromatic heterocycles. The van der Waals surface area contributed by atoms with E-state index in [-0.39, 0.29) is 0 Å². The van der Waals surface area contributed by atoms with Gasteiger partial charge in [-0.15, -0.1) is 0 Å². The summed E-state index contributed by atoms with van der Waals surface area (Å²) in [4.78, 5) is 9.04. The smallest absolute Gasteiger partial charge is 0.151 e. The Hall–Kier alpha value is -1.33. The highest BCUT2D eigenvalue weighted by Crippen LogP contribution is 2.20. The number of nitrogens with two attached hydrogens (primary N) is 1. The predicted molar refractivity (Wildman–Crippen MR) is 73.8 cm³/mol. The minimum Gasteiger partial charge on any atom is -0.396 e. The molecule has 0 atom stereocenters. The van der Waals surface area contributed by atoms with E-state index in [4.69, 9.17) is 10.5 Å². The van der Waals surface area contributed by atoms with Crippen molar-refractivity contribution in [2.24, 2.45) is 0 Å². The second-order valence-corrected chi connectivity index (χ2v) is 4.44. The van der Waals surface area contributed by atoms with Crippen molar-refractivity contribution >= 4 is 11.5 Å². The lowest BCUT2D eigenvalue weighted by Crippen LogP contribution is -2.47. The maximum atomic E-state index is 5.95. The predicted octanol–water partition coefficient (Wildman–Crippen LogP) is 0.822. The summed E-state index contributed by atoms with van der Waals surface area (Å²) in [5, 5.41) is 0. The largest absolute Gasteiger partial charge is 0.396 e. The van der Waals surface area contributed by atoms with Gasteiger partial charge in [0, 0.05) is 45.5 Å². The maximum Gasteiger partial charge on any atom is 0.151 e. The number of hydrogen-bond donors (Lipinski definition) is 1. The average Bonchev–Trinajstić information content (AvgIpc) is 2.41. The van der Waals surface area contributed by atoms with E-state index in [2.05, 4.69) is 14.8 Å². The monoisotopic (exact) mass is 250 g/mol. The fraction of sp³-hybridized carbons (Fsp3) is 0.615. The minimum atomic E-state index is 0.764. The van der Waals surface area contributed by atoms with Crippen LogP contribution >= 0.6 is 0 Å². The van der Waals surface area contributed by atoms with Crippen LogP contribution in [0.15, 0.2) is 18.3 Å². The normalized spacial score (nSPS) is 17.1. The van der Waals surface area contributed by atoms with Crippen molar-refractivity contribution in [3.05, 3.63) is 18.3 Å². The highest BCUT2D eigenvalue weighted by Gasteiger charge is 2.18. The SMILES string of the molecule is CCOCCN1CCN(c2ncccc2N)CC1. The fourth-order valence-electron chi connectivity index (χ4n) is 2.19. The number of aromatic nitrogens is 1. The quantitative estimate of drug-likeness (QED) is 0.784. The van der Waals surface area contributed by atoms with Crippen LogP contribution in [-0.4, -0.2) is 55.8 Å². The third-order valence-corrected chi connectivity index (χ3v) is 3.24. The number of piperazine rings is 1. The summed E-state index contributed by atoms with van der Waals surface area (Å²) in [5.41, 5.74) is 6.71. The second-order valence-electron chi connectivity index (χ2n) is 4.44.